The number of halogens is 5. The molecule has 0 fully saturated rings. The van der Waals surface area contributed by atoms with Crippen molar-refractivity contribution >= 4 is 28.3 Å². The van der Waals surface area contributed by atoms with Crippen LogP contribution in [-0.2, 0) is 0 Å². The molecule has 0 radical (unpaired) electrons. The first-order valence-corrected chi connectivity index (χ1v) is 5.23. The van der Waals surface area contributed by atoms with Gasteiger partial charge in [-0.25, -0.2) is 0 Å². The molecule has 0 saturated carbocycles. The Morgan fingerprint density at radius 2 is 2.00 bits per heavy atom. The molecule has 1 aromatic carbocycles. The molecule has 0 aromatic heterocycles. The third kappa shape index (κ3) is 5.72. The molecule has 1 atom stereocenters. The Kier molecular flexibility index (Phi) is 6.36. The maximum atomic E-state index is 11.9. The van der Waals surface area contributed by atoms with E-state index in [4.69, 9.17) is 0 Å². The minimum atomic E-state index is -4.17. The van der Waals surface area contributed by atoms with Gasteiger partial charge in [0, 0.05) is 10.5 Å². The van der Waals surface area contributed by atoms with Gasteiger partial charge in [-0.05, 0) is 24.6 Å². The minimum Gasteiger partial charge on any atom is -0.302 e. The molecular weight excluding hydrogens is 306 g/mol. The third-order valence-electron chi connectivity index (χ3n) is 1.96. The largest absolute Gasteiger partial charge is 0.401 e. The molecule has 0 aliphatic carbocycles. The highest BCUT2D eigenvalue weighted by Gasteiger charge is 2.27. The number of alkyl halides is 3. The summed E-state index contributed by atoms with van der Waals surface area (Å²) in [7, 11) is 0. The van der Waals surface area contributed by atoms with Crippen molar-refractivity contribution in [2.75, 3.05) is 6.54 Å². The van der Waals surface area contributed by atoms with Crippen LogP contribution in [0, 0.1) is 0 Å². The van der Waals surface area contributed by atoms with Gasteiger partial charge in [-0.3, -0.25) is 0 Å². The smallest absolute Gasteiger partial charge is 0.302 e. The summed E-state index contributed by atoms with van der Waals surface area (Å²) in [6, 6.07) is 6.90. The van der Waals surface area contributed by atoms with Crippen LogP contribution in [0.15, 0.2) is 28.7 Å². The second-order valence-corrected chi connectivity index (χ2v) is 4.19. The Bertz CT molecular complexity index is 330. The van der Waals surface area contributed by atoms with E-state index in [1.54, 1.807) is 25.1 Å². The van der Waals surface area contributed by atoms with E-state index in [-0.39, 0.29) is 18.4 Å². The predicted octanol–water partition coefficient (Wildman–Crippen LogP) is 4.08. The summed E-state index contributed by atoms with van der Waals surface area (Å²) in [6.07, 6.45) is -4.17. The van der Waals surface area contributed by atoms with Crippen LogP contribution in [0.3, 0.4) is 0 Å². The lowest BCUT2D eigenvalue weighted by Gasteiger charge is -2.15. The van der Waals surface area contributed by atoms with Gasteiger partial charge in [-0.15, -0.1) is 12.4 Å². The quantitative estimate of drug-likeness (QED) is 0.885. The second kappa shape index (κ2) is 6.47. The minimum absolute atomic E-state index is 0. The normalized spacial score (nSPS) is 13.1. The van der Waals surface area contributed by atoms with E-state index in [0.29, 0.717) is 0 Å². The summed E-state index contributed by atoms with van der Waals surface area (Å²) in [5, 5.41) is 2.42. The first-order valence-electron chi connectivity index (χ1n) is 4.44. The SMILES string of the molecule is CC(NCC(F)(F)F)c1cccc(Br)c1.Cl. The third-order valence-corrected chi connectivity index (χ3v) is 2.45. The highest BCUT2D eigenvalue weighted by Crippen LogP contribution is 2.19. The standard InChI is InChI=1S/C10H11BrF3N.ClH/c1-7(15-6-10(12,13)14)8-3-2-4-9(11)5-8;/h2-5,7,15H,6H2,1H3;1H. The zero-order chi connectivity index (χ0) is 11.5. The van der Waals surface area contributed by atoms with Crippen molar-refractivity contribution in [2.45, 2.75) is 19.1 Å². The Balaban J connectivity index is 0.00000225. The van der Waals surface area contributed by atoms with Gasteiger partial charge in [0.1, 0.15) is 0 Å². The lowest BCUT2D eigenvalue weighted by Crippen LogP contribution is -2.30. The second-order valence-electron chi connectivity index (χ2n) is 3.27. The summed E-state index contributed by atoms with van der Waals surface area (Å²) in [6.45, 7) is 0.730. The first kappa shape index (κ1) is 15.7. The Labute approximate surface area is 107 Å². The number of benzene rings is 1. The Hall–Kier alpha value is -0.260. The van der Waals surface area contributed by atoms with Crippen LogP contribution in [0.25, 0.3) is 0 Å². The molecule has 0 amide bonds. The zero-order valence-corrected chi connectivity index (χ0v) is 10.9. The van der Waals surface area contributed by atoms with Crippen LogP contribution in [0.2, 0.25) is 0 Å². The average molecular weight is 319 g/mol. The molecule has 6 heteroatoms. The Morgan fingerprint density at radius 3 is 2.50 bits per heavy atom. The zero-order valence-electron chi connectivity index (χ0n) is 8.51. The van der Waals surface area contributed by atoms with Gasteiger partial charge in [0.15, 0.2) is 0 Å². The number of nitrogens with one attached hydrogen (secondary N) is 1. The molecular formula is C10H12BrClF3N. The maximum Gasteiger partial charge on any atom is 0.401 e. The van der Waals surface area contributed by atoms with Gasteiger partial charge in [0.05, 0.1) is 6.54 Å². The van der Waals surface area contributed by atoms with Gasteiger partial charge in [0.2, 0.25) is 0 Å². The molecule has 1 unspecified atom stereocenters. The average Bonchev–Trinajstić information content (AvgIpc) is 2.13. The van der Waals surface area contributed by atoms with Crippen molar-refractivity contribution in [3.05, 3.63) is 34.3 Å². The molecule has 92 valence electrons. The highest BCUT2D eigenvalue weighted by atomic mass is 79.9. The predicted molar refractivity (Wildman–Crippen MR) is 63.9 cm³/mol. The molecule has 1 aromatic rings. The van der Waals surface area contributed by atoms with E-state index in [1.165, 1.54) is 0 Å². The fourth-order valence-electron chi connectivity index (χ4n) is 1.16. The van der Waals surface area contributed by atoms with E-state index < -0.39 is 12.7 Å². The van der Waals surface area contributed by atoms with Gasteiger partial charge >= 0.3 is 6.18 Å². The van der Waals surface area contributed by atoms with Crippen LogP contribution >= 0.6 is 28.3 Å². The molecule has 0 heterocycles. The van der Waals surface area contributed by atoms with Crippen LogP contribution in [0.5, 0.6) is 0 Å². The van der Waals surface area contributed by atoms with E-state index in [1.807, 2.05) is 6.07 Å². The van der Waals surface area contributed by atoms with E-state index in [9.17, 15) is 13.2 Å². The summed E-state index contributed by atoms with van der Waals surface area (Å²) in [5.41, 5.74) is 0.827. The van der Waals surface area contributed by atoms with E-state index in [2.05, 4.69) is 21.2 Å². The van der Waals surface area contributed by atoms with E-state index in [0.717, 1.165) is 10.0 Å². The molecule has 0 saturated heterocycles. The molecule has 0 aliphatic heterocycles. The first-order chi connectivity index (χ1) is 6.88. The fourth-order valence-corrected chi connectivity index (χ4v) is 1.58. The summed E-state index contributed by atoms with van der Waals surface area (Å²) >= 11 is 3.27. The van der Waals surface area contributed by atoms with Crippen LogP contribution in [0.4, 0.5) is 13.2 Å². The maximum absolute atomic E-state index is 11.9. The number of hydrogen-bond acceptors (Lipinski definition) is 1. The van der Waals surface area contributed by atoms with Gasteiger partial charge in [0.25, 0.3) is 0 Å². The molecule has 16 heavy (non-hydrogen) atoms. The van der Waals surface area contributed by atoms with Gasteiger partial charge < -0.3 is 5.32 Å². The molecule has 1 N–H and O–H groups in total. The highest BCUT2D eigenvalue weighted by molar-refractivity contribution is 9.10. The van der Waals surface area contributed by atoms with E-state index >= 15 is 0 Å². The molecule has 1 nitrogen and oxygen atoms in total. The van der Waals surface area contributed by atoms with Crippen molar-refractivity contribution < 1.29 is 13.2 Å². The fraction of sp³-hybridized carbons (Fsp3) is 0.400. The topological polar surface area (TPSA) is 12.0 Å². The van der Waals surface area contributed by atoms with Crippen molar-refractivity contribution in [1.82, 2.24) is 5.32 Å². The Morgan fingerprint density at radius 1 is 1.38 bits per heavy atom. The lowest BCUT2D eigenvalue weighted by molar-refractivity contribution is -0.126. The summed E-state index contributed by atoms with van der Waals surface area (Å²) < 4.78 is 36.7. The van der Waals surface area contributed by atoms with Crippen LogP contribution < -0.4 is 5.32 Å². The van der Waals surface area contributed by atoms with Crippen molar-refractivity contribution in [2.24, 2.45) is 0 Å². The molecule has 0 spiro atoms. The summed E-state index contributed by atoms with van der Waals surface area (Å²) in [4.78, 5) is 0. The van der Waals surface area contributed by atoms with Crippen molar-refractivity contribution in [1.29, 1.82) is 0 Å². The number of rotatable bonds is 3. The summed E-state index contributed by atoms with van der Waals surface area (Å²) in [5.74, 6) is 0. The number of hydrogen-bond donors (Lipinski definition) is 1. The molecule has 0 bridgehead atoms. The molecule has 1 rings (SSSR count). The van der Waals surface area contributed by atoms with Gasteiger partial charge in [-0.1, -0.05) is 28.1 Å². The van der Waals surface area contributed by atoms with Gasteiger partial charge in [-0.2, -0.15) is 13.2 Å². The van der Waals surface area contributed by atoms with Crippen LogP contribution in [-0.4, -0.2) is 12.7 Å². The van der Waals surface area contributed by atoms with Crippen molar-refractivity contribution in [3.63, 3.8) is 0 Å². The lowest BCUT2D eigenvalue weighted by atomic mass is 10.1. The van der Waals surface area contributed by atoms with Crippen LogP contribution in [0.1, 0.15) is 18.5 Å². The van der Waals surface area contributed by atoms with Crippen molar-refractivity contribution in [3.8, 4) is 0 Å². The molecule has 0 aliphatic rings. The monoisotopic (exact) mass is 317 g/mol.